The molecule has 1 saturated carbocycles. The summed E-state index contributed by atoms with van der Waals surface area (Å²) in [5, 5.41) is 11.9. The Balaban J connectivity index is 1.58. The summed E-state index contributed by atoms with van der Waals surface area (Å²) in [6, 6.07) is 8.93. The summed E-state index contributed by atoms with van der Waals surface area (Å²) >= 11 is 0. The van der Waals surface area contributed by atoms with E-state index in [0.29, 0.717) is 25.1 Å². The summed E-state index contributed by atoms with van der Waals surface area (Å²) < 4.78 is 0. The van der Waals surface area contributed by atoms with Crippen LogP contribution in [0.1, 0.15) is 36.0 Å². The van der Waals surface area contributed by atoms with Crippen molar-refractivity contribution in [2.24, 2.45) is 11.8 Å². The first-order chi connectivity index (χ1) is 11.6. The number of piperidine rings is 1. The van der Waals surface area contributed by atoms with Gasteiger partial charge in [0.05, 0.1) is 11.8 Å². The molecule has 2 aliphatic rings. The molecule has 1 aromatic rings. The first-order valence-corrected chi connectivity index (χ1v) is 8.44. The SMILES string of the molecule is O=C(NC[C@@H]1CCCCN1C(=O)[C@@H]1C[C@H]1C(=O)O)c1ccccc1. The largest absolute Gasteiger partial charge is 0.481 e. The van der Waals surface area contributed by atoms with Crippen LogP contribution < -0.4 is 5.32 Å². The van der Waals surface area contributed by atoms with E-state index in [1.807, 2.05) is 18.2 Å². The van der Waals surface area contributed by atoms with Gasteiger partial charge in [0.25, 0.3) is 5.91 Å². The highest BCUT2D eigenvalue weighted by atomic mass is 16.4. The van der Waals surface area contributed by atoms with E-state index in [2.05, 4.69) is 5.32 Å². The maximum absolute atomic E-state index is 12.6. The number of carbonyl (C=O) groups excluding carboxylic acids is 2. The highest BCUT2D eigenvalue weighted by Gasteiger charge is 2.50. The van der Waals surface area contributed by atoms with Gasteiger partial charge in [0.1, 0.15) is 0 Å². The minimum atomic E-state index is -0.890. The maximum atomic E-state index is 12.6. The van der Waals surface area contributed by atoms with Gasteiger partial charge < -0.3 is 15.3 Å². The van der Waals surface area contributed by atoms with Gasteiger partial charge in [0.2, 0.25) is 5.91 Å². The fourth-order valence-corrected chi connectivity index (χ4v) is 3.36. The Morgan fingerprint density at radius 1 is 1.12 bits per heavy atom. The number of carboxylic acid groups (broad SMARTS) is 1. The zero-order valence-corrected chi connectivity index (χ0v) is 13.5. The fraction of sp³-hybridized carbons (Fsp3) is 0.500. The van der Waals surface area contributed by atoms with Gasteiger partial charge in [-0.05, 0) is 37.8 Å². The van der Waals surface area contributed by atoms with Crippen LogP contribution >= 0.6 is 0 Å². The van der Waals surface area contributed by atoms with Gasteiger partial charge in [-0.3, -0.25) is 14.4 Å². The number of carboxylic acids is 1. The van der Waals surface area contributed by atoms with E-state index in [-0.39, 0.29) is 23.8 Å². The molecule has 0 unspecified atom stereocenters. The summed E-state index contributed by atoms with van der Waals surface area (Å²) in [5.74, 6) is -2.02. The Morgan fingerprint density at radius 2 is 1.88 bits per heavy atom. The normalized spacial score (nSPS) is 25.8. The molecule has 6 heteroatoms. The van der Waals surface area contributed by atoms with E-state index < -0.39 is 11.9 Å². The molecule has 2 fully saturated rings. The summed E-state index contributed by atoms with van der Waals surface area (Å²) in [6.45, 7) is 1.05. The number of likely N-dealkylation sites (tertiary alicyclic amines) is 1. The van der Waals surface area contributed by atoms with E-state index in [4.69, 9.17) is 5.11 Å². The van der Waals surface area contributed by atoms with Crippen molar-refractivity contribution in [1.29, 1.82) is 0 Å². The molecule has 1 aromatic carbocycles. The number of hydrogen-bond donors (Lipinski definition) is 2. The average Bonchev–Trinajstić information content (AvgIpc) is 3.41. The molecule has 3 rings (SSSR count). The van der Waals surface area contributed by atoms with Crippen LogP contribution in [0.3, 0.4) is 0 Å². The molecule has 2 N–H and O–H groups in total. The standard InChI is InChI=1S/C18H22N2O4/c21-16(12-6-2-1-3-7-12)19-11-13-8-4-5-9-20(13)17(22)14-10-15(14)18(23)24/h1-3,6-7,13-15H,4-5,8-11H2,(H,19,21)(H,23,24)/t13-,14+,15+/m0/s1. The minimum Gasteiger partial charge on any atom is -0.481 e. The van der Waals surface area contributed by atoms with Crippen LogP contribution in [0.25, 0.3) is 0 Å². The second-order valence-corrected chi connectivity index (χ2v) is 6.54. The predicted octanol–water partition coefficient (Wildman–Crippen LogP) is 1.52. The van der Waals surface area contributed by atoms with E-state index >= 15 is 0 Å². The number of rotatable bonds is 5. The quantitative estimate of drug-likeness (QED) is 0.857. The third-order valence-corrected chi connectivity index (χ3v) is 4.87. The Morgan fingerprint density at radius 3 is 2.54 bits per heavy atom. The molecular formula is C18H22N2O4. The zero-order chi connectivity index (χ0) is 17.1. The van der Waals surface area contributed by atoms with Crippen molar-refractivity contribution in [2.75, 3.05) is 13.1 Å². The third-order valence-electron chi connectivity index (χ3n) is 4.87. The minimum absolute atomic E-state index is 0.0473. The molecule has 1 aliphatic carbocycles. The number of benzene rings is 1. The molecule has 128 valence electrons. The summed E-state index contributed by atoms with van der Waals surface area (Å²) in [7, 11) is 0. The number of amides is 2. The van der Waals surface area contributed by atoms with Gasteiger partial charge >= 0.3 is 5.97 Å². The van der Waals surface area contributed by atoms with Gasteiger partial charge in [-0.15, -0.1) is 0 Å². The second kappa shape index (κ2) is 7.03. The topological polar surface area (TPSA) is 86.7 Å². The Hall–Kier alpha value is -2.37. The summed E-state index contributed by atoms with van der Waals surface area (Å²) in [4.78, 5) is 37.5. The summed E-state index contributed by atoms with van der Waals surface area (Å²) in [5.41, 5.74) is 0.597. The zero-order valence-electron chi connectivity index (χ0n) is 13.5. The molecule has 6 nitrogen and oxygen atoms in total. The van der Waals surface area contributed by atoms with Gasteiger partial charge in [0.15, 0.2) is 0 Å². The lowest BCUT2D eigenvalue weighted by atomic mass is 10.0. The smallest absolute Gasteiger partial charge is 0.307 e. The molecule has 1 aliphatic heterocycles. The van der Waals surface area contributed by atoms with Crippen LogP contribution in [-0.4, -0.2) is 46.9 Å². The molecule has 1 saturated heterocycles. The first kappa shape index (κ1) is 16.5. The Kier molecular flexibility index (Phi) is 4.83. The molecule has 0 spiro atoms. The third kappa shape index (κ3) is 3.58. The van der Waals surface area contributed by atoms with Crippen molar-refractivity contribution in [3.05, 3.63) is 35.9 Å². The molecule has 2 amide bonds. The van der Waals surface area contributed by atoms with E-state index in [0.717, 1.165) is 19.3 Å². The second-order valence-electron chi connectivity index (χ2n) is 6.54. The molecule has 0 aromatic heterocycles. The van der Waals surface area contributed by atoms with Crippen molar-refractivity contribution in [1.82, 2.24) is 10.2 Å². The van der Waals surface area contributed by atoms with Crippen LogP contribution in [0.15, 0.2) is 30.3 Å². The lowest BCUT2D eigenvalue weighted by Gasteiger charge is -2.36. The molecule has 0 radical (unpaired) electrons. The van der Waals surface area contributed by atoms with Crippen LogP contribution in [0.2, 0.25) is 0 Å². The number of nitrogens with zero attached hydrogens (tertiary/aromatic N) is 1. The van der Waals surface area contributed by atoms with Crippen molar-refractivity contribution in [2.45, 2.75) is 31.7 Å². The fourth-order valence-electron chi connectivity index (χ4n) is 3.36. The monoisotopic (exact) mass is 330 g/mol. The molecule has 0 bridgehead atoms. The van der Waals surface area contributed by atoms with E-state index in [1.54, 1.807) is 17.0 Å². The van der Waals surface area contributed by atoms with Crippen molar-refractivity contribution in [3.8, 4) is 0 Å². The number of carbonyl (C=O) groups is 3. The molecular weight excluding hydrogens is 308 g/mol. The van der Waals surface area contributed by atoms with E-state index in [9.17, 15) is 14.4 Å². The Labute approximate surface area is 140 Å². The number of aliphatic carboxylic acids is 1. The van der Waals surface area contributed by atoms with Crippen LogP contribution in [0.5, 0.6) is 0 Å². The lowest BCUT2D eigenvalue weighted by molar-refractivity contribution is -0.143. The first-order valence-electron chi connectivity index (χ1n) is 8.44. The van der Waals surface area contributed by atoms with Gasteiger partial charge in [0, 0.05) is 24.7 Å². The average molecular weight is 330 g/mol. The Bertz CT molecular complexity index is 631. The van der Waals surface area contributed by atoms with Gasteiger partial charge in [-0.1, -0.05) is 18.2 Å². The lowest BCUT2D eigenvalue weighted by Crippen LogP contribution is -2.50. The van der Waals surface area contributed by atoms with Crippen LogP contribution in [0, 0.1) is 11.8 Å². The van der Waals surface area contributed by atoms with Crippen molar-refractivity contribution >= 4 is 17.8 Å². The predicted molar refractivity (Wildman–Crippen MR) is 87.4 cm³/mol. The number of hydrogen-bond acceptors (Lipinski definition) is 3. The number of nitrogens with one attached hydrogen (secondary N) is 1. The molecule has 24 heavy (non-hydrogen) atoms. The van der Waals surface area contributed by atoms with Crippen LogP contribution in [-0.2, 0) is 9.59 Å². The molecule has 3 atom stereocenters. The van der Waals surface area contributed by atoms with E-state index in [1.165, 1.54) is 0 Å². The molecule has 1 heterocycles. The highest BCUT2D eigenvalue weighted by molar-refractivity contribution is 5.94. The van der Waals surface area contributed by atoms with Crippen LogP contribution in [0.4, 0.5) is 0 Å². The highest BCUT2D eigenvalue weighted by Crippen LogP contribution is 2.41. The van der Waals surface area contributed by atoms with Gasteiger partial charge in [-0.25, -0.2) is 0 Å². The van der Waals surface area contributed by atoms with Crippen molar-refractivity contribution in [3.63, 3.8) is 0 Å². The maximum Gasteiger partial charge on any atom is 0.307 e. The summed E-state index contributed by atoms with van der Waals surface area (Å²) in [6.07, 6.45) is 3.22. The van der Waals surface area contributed by atoms with Crippen molar-refractivity contribution < 1.29 is 19.5 Å². The van der Waals surface area contributed by atoms with Gasteiger partial charge in [-0.2, -0.15) is 0 Å².